The first-order chi connectivity index (χ1) is 23.8. The van der Waals surface area contributed by atoms with Crippen LogP contribution in [0.25, 0.3) is 10.9 Å². The number of carbonyl (C=O) groups excluding carboxylic acids is 2. The van der Waals surface area contributed by atoms with Gasteiger partial charge >= 0.3 is 12.1 Å². The summed E-state index contributed by atoms with van der Waals surface area (Å²) < 4.78 is 54.1. The minimum atomic E-state index is -1.25. The molecule has 11 heteroatoms. The van der Waals surface area contributed by atoms with Gasteiger partial charge < -0.3 is 28.4 Å². The molecule has 9 nitrogen and oxygen atoms in total. The molecule has 2 fully saturated rings. The molecule has 0 N–H and O–H groups in total. The molecule has 0 unspecified atom stereocenters. The molecular weight excluding hydrogens is 634 g/mol. The summed E-state index contributed by atoms with van der Waals surface area (Å²) in [6.45, 7) is 2.32. The van der Waals surface area contributed by atoms with Crippen LogP contribution in [0.1, 0.15) is 65.7 Å². The van der Waals surface area contributed by atoms with E-state index in [1.807, 2.05) is 54.6 Å². The van der Waals surface area contributed by atoms with Crippen molar-refractivity contribution in [3.8, 4) is 17.6 Å². The maximum absolute atomic E-state index is 15.4. The Bertz CT molecular complexity index is 1960. The van der Waals surface area contributed by atoms with Gasteiger partial charge in [0.05, 0.1) is 49.4 Å². The standard InChI is InChI=1S/C38H36F2N2O7/c1-3-47-37(44)32-21-41(26-14-15-26)35-30(34(40)33(39)19-31(35)36(32)43)11-7-10-27-18-29(48-22-25-12-16-28(46-2)17-13-25)20-42(27)38(45)49-23-24-8-5-4-6-9-24/h4-6,8-9,12-13,16-17,19,21,26-27,29H,3,10,14-15,18,20,22-23H2,1-2H3/t27-,29-/m1/s1. The molecule has 0 bridgehead atoms. The summed E-state index contributed by atoms with van der Waals surface area (Å²) in [6.07, 6.45) is 2.52. The van der Waals surface area contributed by atoms with Gasteiger partial charge in [-0.15, -0.1) is 0 Å². The van der Waals surface area contributed by atoms with Gasteiger partial charge in [-0.2, -0.15) is 0 Å². The zero-order valence-corrected chi connectivity index (χ0v) is 27.2. The Morgan fingerprint density at radius 1 is 0.980 bits per heavy atom. The summed E-state index contributed by atoms with van der Waals surface area (Å²) in [5.41, 5.74) is 0.606. The van der Waals surface area contributed by atoms with Crippen molar-refractivity contribution in [1.82, 2.24) is 9.47 Å². The van der Waals surface area contributed by atoms with Crippen molar-refractivity contribution >= 4 is 23.0 Å². The van der Waals surface area contributed by atoms with Crippen molar-refractivity contribution in [2.24, 2.45) is 0 Å². The number of carbonyl (C=O) groups is 2. The van der Waals surface area contributed by atoms with E-state index in [9.17, 15) is 18.8 Å². The van der Waals surface area contributed by atoms with Crippen molar-refractivity contribution in [3.05, 3.63) is 111 Å². The van der Waals surface area contributed by atoms with Crippen LogP contribution in [0, 0.1) is 23.5 Å². The number of benzene rings is 3. The molecule has 2 heterocycles. The Balaban J connectivity index is 1.27. The molecule has 1 saturated heterocycles. The number of methoxy groups -OCH3 is 1. The lowest BCUT2D eigenvalue weighted by molar-refractivity contribution is 0.0431. The molecule has 49 heavy (non-hydrogen) atoms. The van der Waals surface area contributed by atoms with Crippen molar-refractivity contribution in [3.63, 3.8) is 0 Å². The van der Waals surface area contributed by atoms with E-state index in [1.165, 1.54) is 6.20 Å². The van der Waals surface area contributed by atoms with E-state index in [2.05, 4.69) is 11.8 Å². The van der Waals surface area contributed by atoms with E-state index < -0.39 is 35.2 Å². The van der Waals surface area contributed by atoms with Gasteiger partial charge in [0.15, 0.2) is 11.6 Å². The molecule has 1 aliphatic carbocycles. The van der Waals surface area contributed by atoms with Gasteiger partial charge in [-0.25, -0.2) is 18.4 Å². The van der Waals surface area contributed by atoms with Gasteiger partial charge in [0, 0.05) is 24.7 Å². The number of halogens is 2. The molecule has 2 aliphatic rings. The van der Waals surface area contributed by atoms with Gasteiger partial charge in [-0.05, 0) is 55.5 Å². The van der Waals surface area contributed by atoms with E-state index in [4.69, 9.17) is 18.9 Å². The lowest BCUT2D eigenvalue weighted by Gasteiger charge is -2.22. The van der Waals surface area contributed by atoms with E-state index in [1.54, 1.807) is 23.5 Å². The third kappa shape index (κ3) is 7.60. The molecule has 4 aromatic rings. The first-order valence-corrected chi connectivity index (χ1v) is 16.2. The third-order valence-electron chi connectivity index (χ3n) is 8.65. The van der Waals surface area contributed by atoms with Crippen LogP contribution in [0.15, 0.2) is 71.7 Å². The Hall–Kier alpha value is -5.21. The summed E-state index contributed by atoms with van der Waals surface area (Å²) >= 11 is 0. The number of ether oxygens (including phenoxy) is 4. The smallest absolute Gasteiger partial charge is 0.410 e. The van der Waals surface area contributed by atoms with Crippen LogP contribution in [-0.4, -0.2) is 53.9 Å². The predicted molar refractivity (Wildman–Crippen MR) is 177 cm³/mol. The molecular formula is C38H36F2N2O7. The highest BCUT2D eigenvalue weighted by molar-refractivity contribution is 5.95. The third-order valence-corrected chi connectivity index (χ3v) is 8.65. The maximum Gasteiger partial charge on any atom is 0.410 e. The fraction of sp³-hybridized carbons (Fsp3) is 0.342. The summed E-state index contributed by atoms with van der Waals surface area (Å²) in [6, 6.07) is 17.1. The SMILES string of the molecule is CCOC(=O)c1cn(C2CC2)c2c(C#CC[C@@H]3C[C@@H](OCc4ccc(OC)cc4)CN3C(=O)OCc3ccccc3)c(F)c(F)cc2c1=O. The highest BCUT2D eigenvalue weighted by Crippen LogP contribution is 2.38. The molecule has 1 saturated carbocycles. The number of rotatable bonds is 10. The van der Waals surface area contributed by atoms with E-state index in [0.29, 0.717) is 13.0 Å². The Labute approximate surface area is 282 Å². The average Bonchev–Trinajstić information content (AvgIpc) is 3.88. The first-order valence-electron chi connectivity index (χ1n) is 16.2. The predicted octanol–water partition coefficient (Wildman–Crippen LogP) is 6.54. The number of hydrogen-bond donors (Lipinski definition) is 0. The normalized spacial score (nSPS) is 17.0. The zero-order valence-electron chi connectivity index (χ0n) is 27.2. The number of pyridine rings is 1. The second kappa shape index (κ2) is 14.9. The average molecular weight is 671 g/mol. The largest absolute Gasteiger partial charge is 0.497 e. The summed E-state index contributed by atoms with van der Waals surface area (Å²) in [5.74, 6) is 3.18. The maximum atomic E-state index is 15.4. The summed E-state index contributed by atoms with van der Waals surface area (Å²) in [5, 5.41) is -0.153. The van der Waals surface area contributed by atoms with E-state index in [-0.39, 0.29) is 60.4 Å². The van der Waals surface area contributed by atoms with Crippen molar-refractivity contribution in [1.29, 1.82) is 0 Å². The number of likely N-dealkylation sites (tertiary alicyclic amines) is 1. The fourth-order valence-electron chi connectivity index (χ4n) is 5.98. The fourth-order valence-corrected chi connectivity index (χ4v) is 5.98. The number of nitrogens with zero attached hydrogens (tertiary/aromatic N) is 2. The number of hydrogen-bond acceptors (Lipinski definition) is 7. The Kier molecular flexibility index (Phi) is 10.3. The van der Waals surface area contributed by atoms with E-state index >= 15 is 4.39 Å². The molecule has 1 aromatic heterocycles. The van der Waals surface area contributed by atoms with Crippen molar-refractivity contribution in [2.75, 3.05) is 20.3 Å². The monoisotopic (exact) mass is 670 g/mol. The number of amides is 1. The van der Waals surface area contributed by atoms with Gasteiger partial charge in [0.2, 0.25) is 5.43 Å². The lowest BCUT2D eigenvalue weighted by atomic mass is 10.0. The van der Waals surface area contributed by atoms with Gasteiger partial charge in [-0.1, -0.05) is 54.3 Å². The van der Waals surface area contributed by atoms with E-state index in [0.717, 1.165) is 35.8 Å². The minimum Gasteiger partial charge on any atom is -0.497 e. The number of aromatic nitrogens is 1. The van der Waals surface area contributed by atoms with Crippen LogP contribution in [0.4, 0.5) is 13.6 Å². The van der Waals surface area contributed by atoms with Crippen LogP contribution < -0.4 is 10.2 Å². The number of esters is 1. The zero-order chi connectivity index (χ0) is 34.5. The van der Waals surface area contributed by atoms with Crippen LogP contribution >= 0.6 is 0 Å². The van der Waals surface area contributed by atoms with Gasteiger partial charge in [0.25, 0.3) is 0 Å². The highest BCUT2D eigenvalue weighted by atomic mass is 19.2. The molecule has 1 aliphatic heterocycles. The number of fused-ring (bicyclic) bond motifs is 1. The second-order valence-corrected chi connectivity index (χ2v) is 12.0. The first kappa shape index (κ1) is 33.7. The van der Waals surface area contributed by atoms with Crippen molar-refractivity contribution in [2.45, 2.75) is 64.0 Å². The molecule has 254 valence electrons. The van der Waals surface area contributed by atoms with Crippen LogP contribution in [0.3, 0.4) is 0 Å². The van der Waals surface area contributed by atoms with Crippen LogP contribution in [0.2, 0.25) is 0 Å². The summed E-state index contributed by atoms with van der Waals surface area (Å²) in [4.78, 5) is 40.8. The molecule has 2 atom stereocenters. The molecule has 3 aromatic carbocycles. The summed E-state index contributed by atoms with van der Waals surface area (Å²) in [7, 11) is 1.59. The van der Waals surface area contributed by atoms with Crippen LogP contribution in [0.5, 0.6) is 5.75 Å². The Morgan fingerprint density at radius 3 is 2.41 bits per heavy atom. The lowest BCUT2D eigenvalue weighted by Crippen LogP contribution is -2.36. The van der Waals surface area contributed by atoms with Crippen molar-refractivity contribution < 1.29 is 37.3 Å². The second-order valence-electron chi connectivity index (χ2n) is 12.0. The molecule has 0 spiro atoms. The van der Waals surface area contributed by atoms with Gasteiger partial charge in [-0.3, -0.25) is 4.79 Å². The highest BCUT2D eigenvalue weighted by Gasteiger charge is 2.36. The van der Waals surface area contributed by atoms with Gasteiger partial charge in [0.1, 0.15) is 17.9 Å². The quantitative estimate of drug-likeness (QED) is 0.140. The molecule has 1 amide bonds. The minimum absolute atomic E-state index is 0.0552. The van der Waals surface area contributed by atoms with Crippen LogP contribution in [-0.2, 0) is 27.4 Å². The topological polar surface area (TPSA) is 96.3 Å². The molecule has 6 rings (SSSR count). The molecule has 0 radical (unpaired) electrons. The Morgan fingerprint density at radius 2 is 1.71 bits per heavy atom.